The third-order valence-corrected chi connectivity index (χ3v) is 6.81. The summed E-state index contributed by atoms with van der Waals surface area (Å²) >= 11 is 4.74. The van der Waals surface area contributed by atoms with E-state index in [1.807, 2.05) is 49.4 Å². The maximum Gasteiger partial charge on any atom is 0.269 e. The lowest BCUT2D eigenvalue weighted by atomic mass is 10.1. The molecule has 3 aromatic carbocycles. The van der Waals surface area contributed by atoms with Gasteiger partial charge in [0, 0.05) is 4.47 Å². The zero-order valence-electron chi connectivity index (χ0n) is 17.9. The lowest BCUT2D eigenvalue weighted by Crippen LogP contribution is -2.41. The molecule has 0 bridgehead atoms. The van der Waals surface area contributed by atoms with Crippen LogP contribution < -0.4 is 5.01 Å². The van der Waals surface area contributed by atoms with Crippen molar-refractivity contribution in [2.75, 3.05) is 11.6 Å². The Hall–Kier alpha value is -3.69. The number of hydrazone groups is 1. The monoisotopic (exact) mass is 532 g/mol. The summed E-state index contributed by atoms with van der Waals surface area (Å²) in [7, 11) is 0. The van der Waals surface area contributed by atoms with Crippen LogP contribution in [0.25, 0.3) is 10.2 Å². The summed E-state index contributed by atoms with van der Waals surface area (Å²) in [5.41, 5.74) is 3.20. The van der Waals surface area contributed by atoms with Gasteiger partial charge in [-0.3, -0.25) is 19.3 Å². The van der Waals surface area contributed by atoms with Crippen LogP contribution in [0.15, 0.2) is 76.3 Å². The number of anilines is 1. The topological polar surface area (TPSA) is 82.9 Å². The molecular weight excluding hydrogens is 516 g/mol. The fourth-order valence-corrected chi connectivity index (χ4v) is 5.05. The van der Waals surface area contributed by atoms with E-state index in [0.29, 0.717) is 21.8 Å². The standard InChI is InChI=1S/C25H17BrN4O3S/c1-15-6-8-16(9-7-15)13-27-30(25-28-20-11-10-17(26)12-21(20)34-25)22(31)14-29-23(32)18-4-2-3-5-19(18)24(29)33/h2-13H,14H2,1H3/b27-13+. The first kappa shape index (κ1) is 22.1. The number of imide groups is 1. The van der Waals surface area contributed by atoms with Crippen molar-refractivity contribution in [2.24, 2.45) is 5.10 Å². The molecule has 4 aromatic rings. The number of aryl methyl sites for hydroxylation is 1. The number of rotatable bonds is 5. The van der Waals surface area contributed by atoms with Crippen molar-refractivity contribution in [1.29, 1.82) is 0 Å². The molecule has 0 N–H and O–H groups in total. The molecule has 0 aliphatic carbocycles. The number of carbonyl (C=O) groups excluding carboxylic acids is 3. The molecule has 34 heavy (non-hydrogen) atoms. The number of aromatic nitrogens is 1. The first-order valence-corrected chi connectivity index (χ1v) is 12.0. The van der Waals surface area contributed by atoms with E-state index in [2.05, 4.69) is 26.0 Å². The number of hydrogen-bond donors (Lipinski definition) is 0. The van der Waals surface area contributed by atoms with E-state index < -0.39 is 24.3 Å². The number of halogens is 1. The van der Waals surface area contributed by atoms with Gasteiger partial charge in [0.1, 0.15) is 6.54 Å². The summed E-state index contributed by atoms with van der Waals surface area (Å²) < 4.78 is 1.76. The van der Waals surface area contributed by atoms with Crippen molar-refractivity contribution >= 4 is 66.6 Å². The van der Waals surface area contributed by atoms with E-state index in [0.717, 1.165) is 30.2 Å². The van der Waals surface area contributed by atoms with Crippen LogP contribution in [-0.2, 0) is 4.79 Å². The van der Waals surface area contributed by atoms with Crippen LogP contribution in [0.5, 0.6) is 0 Å². The first-order chi connectivity index (χ1) is 16.4. The predicted octanol–water partition coefficient (Wildman–Crippen LogP) is 5.03. The highest BCUT2D eigenvalue weighted by molar-refractivity contribution is 9.10. The Bertz CT molecular complexity index is 1440. The number of thiazole rings is 1. The van der Waals surface area contributed by atoms with Crippen molar-refractivity contribution in [3.05, 3.63) is 93.5 Å². The van der Waals surface area contributed by atoms with Crippen LogP contribution in [0.4, 0.5) is 5.13 Å². The summed E-state index contributed by atoms with van der Waals surface area (Å²) in [6.45, 7) is 1.54. The summed E-state index contributed by atoms with van der Waals surface area (Å²) in [6, 6.07) is 19.8. The minimum atomic E-state index is -0.545. The highest BCUT2D eigenvalue weighted by atomic mass is 79.9. The fraction of sp³-hybridized carbons (Fsp3) is 0.0800. The molecule has 0 spiro atoms. The summed E-state index contributed by atoms with van der Waals surface area (Å²) in [6.07, 6.45) is 1.56. The lowest BCUT2D eigenvalue weighted by molar-refractivity contribution is -0.118. The zero-order valence-corrected chi connectivity index (χ0v) is 20.3. The van der Waals surface area contributed by atoms with Crippen molar-refractivity contribution in [1.82, 2.24) is 9.88 Å². The van der Waals surface area contributed by atoms with E-state index in [-0.39, 0.29) is 0 Å². The Balaban J connectivity index is 1.48. The third-order valence-electron chi connectivity index (χ3n) is 5.33. The maximum absolute atomic E-state index is 13.4. The molecule has 1 aromatic heterocycles. The number of amides is 3. The largest absolute Gasteiger partial charge is 0.270 e. The Morgan fingerprint density at radius 2 is 1.74 bits per heavy atom. The molecule has 1 aliphatic heterocycles. The van der Waals surface area contributed by atoms with Gasteiger partial charge < -0.3 is 0 Å². The van der Waals surface area contributed by atoms with Gasteiger partial charge in [-0.1, -0.05) is 69.2 Å². The number of fused-ring (bicyclic) bond motifs is 2. The molecular formula is C25H17BrN4O3S. The molecule has 0 unspecified atom stereocenters. The second kappa shape index (κ2) is 8.92. The quantitative estimate of drug-likeness (QED) is 0.205. The molecule has 0 fully saturated rings. The molecule has 2 heterocycles. The van der Waals surface area contributed by atoms with Crippen molar-refractivity contribution in [2.45, 2.75) is 6.92 Å². The van der Waals surface area contributed by atoms with Crippen molar-refractivity contribution < 1.29 is 14.4 Å². The van der Waals surface area contributed by atoms with Crippen LogP contribution in [0, 0.1) is 6.92 Å². The second-order valence-electron chi connectivity index (χ2n) is 7.71. The van der Waals surface area contributed by atoms with Gasteiger partial charge in [-0.2, -0.15) is 10.1 Å². The van der Waals surface area contributed by atoms with Gasteiger partial charge in [-0.25, -0.2) is 4.98 Å². The van der Waals surface area contributed by atoms with Crippen LogP contribution >= 0.6 is 27.3 Å². The van der Waals surface area contributed by atoms with Gasteiger partial charge >= 0.3 is 0 Å². The molecule has 3 amide bonds. The summed E-state index contributed by atoms with van der Waals surface area (Å²) in [5, 5.41) is 5.90. The minimum Gasteiger partial charge on any atom is -0.270 e. The van der Waals surface area contributed by atoms with Gasteiger partial charge in [0.25, 0.3) is 17.7 Å². The van der Waals surface area contributed by atoms with Gasteiger partial charge in [-0.05, 0) is 42.8 Å². The number of hydrogen-bond acceptors (Lipinski definition) is 6. The van der Waals surface area contributed by atoms with Crippen LogP contribution in [-0.4, -0.2) is 40.4 Å². The van der Waals surface area contributed by atoms with Crippen molar-refractivity contribution in [3.63, 3.8) is 0 Å². The van der Waals surface area contributed by atoms with E-state index in [1.54, 1.807) is 30.5 Å². The van der Waals surface area contributed by atoms with Gasteiger partial charge in [0.05, 0.1) is 27.6 Å². The highest BCUT2D eigenvalue weighted by Crippen LogP contribution is 2.31. The minimum absolute atomic E-state index is 0.292. The van der Waals surface area contributed by atoms with Crippen LogP contribution in [0.3, 0.4) is 0 Å². The second-order valence-corrected chi connectivity index (χ2v) is 9.64. The zero-order chi connectivity index (χ0) is 23.8. The van der Waals surface area contributed by atoms with Gasteiger partial charge in [0.15, 0.2) is 0 Å². The molecule has 0 radical (unpaired) electrons. The van der Waals surface area contributed by atoms with Gasteiger partial charge in [0.2, 0.25) is 5.13 Å². The molecule has 9 heteroatoms. The molecule has 5 rings (SSSR count). The SMILES string of the molecule is Cc1ccc(/C=N/N(C(=O)CN2C(=O)c3ccccc3C2=O)c2nc3ccc(Br)cc3s2)cc1. The van der Waals surface area contributed by atoms with Crippen molar-refractivity contribution in [3.8, 4) is 0 Å². The average molecular weight is 533 g/mol. The lowest BCUT2D eigenvalue weighted by Gasteiger charge is -2.18. The van der Waals surface area contributed by atoms with Crippen LogP contribution in [0.1, 0.15) is 31.8 Å². The predicted molar refractivity (Wildman–Crippen MR) is 135 cm³/mol. The summed E-state index contributed by atoms with van der Waals surface area (Å²) in [4.78, 5) is 44.4. The molecule has 0 saturated carbocycles. The van der Waals surface area contributed by atoms with Crippen LogP contribution in [0.2, 0.25) is 0 Å². The van der Waals surface area contributed by atoms with E-state index in [4.69, 9.17) is 0 Å². The Kier molecular flexibility index (Phi) is 5.80. The van der Waals surface area contributed by atoms with Gasteiger partial charge in [-0.15, -0.1) is 0 Å². The fourth-order valence-electron chi connectivity index (χ4n) is 3.56. The number of carbonyl (C=O) groups is 3. The number of benzene rings is 3. The van der Waals surface area contributed by atoms with E-state index >= 15 is 0 Å². The normalized spacial score (nSPS) is 13.2. The average Bonchev–Trinajstić information content (AvgIpc) is 3.35. The maximum atomic E-state index is 13.4. The first-order valence-electron chi connectivity index (χ1n) is 10.4. The molecule has 1 aliphatic rings. The Labute approximate surface area is 207 Å². The molecule has 0 atom stereocenters. The van der Waals surface area contributed by atoms with E-state index in [9.17, 15) is 14.4 Å². The molecule has 168 valence electrons. The van der Waals surface area contributed by atoms with E-state index in [1.165, 1.54) is 11.3 Å². The smallest absolute Gasteiger partial charge is 0.269 e. The highest BCUT2D eigenvalue weighted by Gasteiger charge is 2.37. The molecule has 7 nitrogen and oxygen atoms in total. The Morgan fingerprint density at radius 1 is 1.06 bits per heavy atom. The third kappa shape index (κ3) is 4.15. The summed E-state index contributed by atoms with van der Waals surface area (Å²) in [5.74, 6) is -1.54. The Morgan fingerprint density at radius 3 is 2.41 bits per heavy atom. The molecule has 0 saturated heterocycles. The number of nitrogens with zero attached hydrogens (tertiary/aromatic N) is 4.